The molecule has 0 N–H and O–H groups in total. The number of allylic oxidation sites excluding steroid dienone is 1. The molecule has 0 bridgehead atoms. The van der Waals surface area contributed by atoms with Crippen LogP contribution in [0.1, 0.15) is 11.3 Å². The van der Waals surface area contributed by atoms with Crippen molar-refractivity contribution in [3.05, 3.63) is 39.7 Å². The van der Waals surface area contributed by atoms with Gasteiger partial charge in [0.05, 0.1) is 10.6 Å². The van der Waals surface area contributed by atoms with Crippen molar-refractivity contribution in [2.45, 2.75) is 6.42 Å². The van der Waals surface area contributed by atoms with Crippen LogP contribution in [-0.4, -0.2) is 9.91 Å². The van der Waals surface area contributed by atoms with E-state index >= 15 is 0 Å². The lowest BCUT2D eigenvalue weighted by Gasteiger charge is -1.95. The first-order valence-electron chi connectivity index (χ1n) is 3.57. The van der Waals surface area contributed by atoms with Crippen molar-refractivity contribution in [2.75, 3.05) is 0 Å². The summed E-state index contributed by atoms with van der Waals surface area (Å²) in [5, 5.41) is 10.3. The molecule has 0 spiro atoms. The lowest BCUT2D eigenvalue weighted by Crippen LogP contribution is -1.93. The lowest BCUT2D eigenvalue weighted by molar-refractivity contribution is -0.385. The molecule has 0 radical (unpaired) electrons. The summed E-state index contributed by atoms with van der Waals surface area (Å²) in [5.74, 6) is 0. The zero-order valence-corrected chi connectivity index (χ0v) is 6.23. The van der Waals surface area contributed by atoms with Crippen molar-refractivity contribution < 1.29 is 4.92 Å². The van der Waals surface area contributed by atoms with Gasteiger partial charge in [0.2, 0.25) is 0 Å². The highest BCUT2D eigenvalue weighted by atomic mass is 16.6. The third kappa shape index (κ3) is 0.972. The predicted molar refractivity (Wildman–Crippen MR) is 43.6 cm³/mol. The van der Waals surface area contributed by atoms with Gasteiger partial charge < -0.3 is 0 Å². The first kappa shape index (κ1) is 6.97. The molecular formula is C8H6N2O2. The average Bonchev–Trinajstić information content (AvgIpc) is 2.49. The Morgan fingerprint density at radius 1 is 1.58 bits per heavy atom. The second-order valence-corrected chi connectivity index (χ2v) is 2.59. The second kappa shape index (κ2) is 2.41. The van der Waals surface area contributed by atoms with Gasteiger partial charge >= 0.3 is 0 Å². The van der Waals surface area contributed by atoms with Crippen molar-refractivity contribution >= 4 is 11.8 Å². The molecule has 0 aromatic carbocycles. The van der Waals surface area contributed by atoms with Crippen LogP contribution in [0.2, 0.25) is 0 Å². The minimum absolute atomic E-state index is 0.0558. The van der Waals surface area contributed by atoms with Crippen molar-refractivity contribution in [2.24, 2.45) is 0 Å². The Balaban J connectivity index is 2.51. The van der Waals surface area contributed by atoms with Crippen LogP contribution >= 0.6 is 0 Å². The molecule has 12 heavy (non-hydrogen) atoms. The van der Waals surface area contributed by atoms with Crippen molar-refractivity contribution in [1.29, 1.82) is 0 Å². The molecule has 1 aromatic rings. The number of hydrogen-bond acceptors (Lipinski definition) is 3. The minimum atomic E-state index is -0.431. The first-order valence-corrected chi connectivity index (χ1v) is 3.57. The standard InChI is InChI=1S/C8H6N2O2/c11-10(12)7-4-6-2-1-3-8(6)9-5-7/h1-2,4-5H,3H2. The maximum absolute atomic E-state index is 10.3. The quantitative estimate of drug-likeness (QED) is 0.465. The molecule has 0 aliphatic heterocycles. The summed E-state index contributed by atoms with van der Waals surface area (Å²) < 4.78 is 0. The molecule has 0 fully saturated rings. The molecule has 1 aliphatic carbocycles. The summed E-state index contributed by atoms with van der Waals surface area (Å²) in [5.41, 5.74) is 1.84. The molecule has 0 saturated heterocycles. The number of hydrogen-bond donors (Lipinski definition) is 0. The van der Waals surface area contributed by atoms with E-state index in [2.05, 4.69) is 4.98 Å². The number of aromatic nitrogens is 1. The molecule has 2 rings (SSSR count). The smallest absolute Gasteiger partial charge is 0.258 e. The fourth-order valence-corrected chi connectivity index (χ4v) is 1.21. The molecule has 0 unspecified atom stereocenters. The summed E-state index contributed by atoms with van der Waals surface area (Å²) in [7, 11) is 0. The van der Waals surface area contributed by atoms with Gasteiger partial charge in [0.1, 0.15) is 6.20 Å². The molecule has 4 heteroatoms. The van der Waals surface area contributed by atoms with Crippen LogP contribution in [0.25, 0.3) is 6.08 Å². The Labute approximate surface area is 68.7 Å². The highest BCUT2D eigenvalue weighted by Gasteiger charge is 2.12. The lowest BCUT2D eigenvalue weighted by atomic mass is 10.2. The van der Waals surface area contributed by atoms with Gasteiger partial charge in [-0.2, -0.15) is 0 Å². The highest BCUT2D eigenvalue weighted by Crippen LogP contribution is 2.21. The van der Waals surface area contributed by atoms with Gasteiger partial charge in [-0.3, -0.25) is 15.1 Å². The zero-order chi connectivity index (χ0) is 8.55. The Morgan fingerprint density at radius 2 is 2.42 bits per heavy atom. The van der Waals surface area contributed by atoms with Crippen LogP contribution in [0.4, 0.5) is 5.69 Å². The predicted octanol–water partition coefficient (Wildman–Crippen LogP) is 1.56. The van der Waals surface area contributed by atoms with Gasteiger partial charge in [0.15, 0.2) is 0 Å². The van der Waals surface area contributed by atoms with E-state index in [1.807, 2.05) is 12.2 Å². The molecule has 0 atom stereocenters. The number of rotatable bonds is 1. The summed E-state index contributed by atoms with van der Waals surface area (Å²) in [6.07, 6.45) is 5.88. The number of pyridine rings is 1. The Hall–Kier alpha value is -1.71. The summed E-state index contributed by atoms with van der Waals surface area (Å²) in [6, 6.07) is 1.55. The maximum atomic E-state index is 10.3. The number of nitro groups is 1. The van der Waals surface area contributed by atoms with Crippen LogP contribution in [0.15, 0.2) is 18.3 Å². The normalized spacial score (nSPS) is 13.0. The summed E-state index contributed by atoms with van der Waals surface area (Å²) >= 11 is 0. The van der Waals surface area contributed by atoms with E-state index in [-0.39, 0.29) is 5.69 Å². The van der Waals surface area contributed by atoms with Crippen molar-refractivity contribution in [3.63, 3.8) is 0 Å². The first-order chi connectivity index (χ1) is 5.77. The van der Waals surface area contributed by atoms with E-state index in [1.165, 1.54) is 6.20 Å². The second-order valence-electron chi connectivity index (χ2n) is 2.59. The molecule has 1 aliphatic rings. The minimum Gasteiger partial charge on any atom is -0.258 e. The van der Waals surface area contributed by atoms with E-state index in [1.54, 1.807) is 6.07 Å². The van der Waals surface area contributed by atoms with Gasteiger partial charge in [0, 0.05) is 18.1 Å². The fraction of sp³-hybridized carbons (Fsp3) is 0.125. The van der Waals surface area contributed by atoms with E-state index in [9.17, 15) is 10.1 Å². The van der Waals surface area contributed by atoms with Crippen LogP contribution in [-0.2, 0) is 6.42 Å². The van der Waals surface area contributed by atoms with Crippen LogP contribution in [0.5, 0.6) is 0 Å². The molecule has 1 aromatic heterocycles. The van der Waals surface area contributed by atoms with Crippen molar-refractivity contribution in [3.8, 4) is 0 Å². The third-order valence-corrected chi connectivity index (χ3v) is 1.81. The Morgan fingerprint density at radius 3 is 3.17 bits per heavy atom. The Bertz CT molecular complexity index is 371. The fourth-order valence-electron chi connectivity index (χ4n) is 1.21. The molecular weight excluding hydrogens is 156 g/mol. The molecule has 0 amide bonds. The Kier molecular flexibility index (Phi) is 1.40. The SMILES string of the molecule is O=[N+]([O-])c1cnc2c(c1)C=CC2. The largest absolute Gasteiger partial charge is 0.288 e. The highest BCUT2D eigenvalue weighted by molar-refractivity contribution is 5.60. The van der Waals surface area contributed by atoms with E-state index < -0.39 is 4.92 Å². The zero-order valence-electron chi connectivity index (χ0n) is 6.23. The van der Waals surface area contributed by atoms with Crippen LogP contribution in [0, 0.1) is 10.1 Å². The topological polar surface area (TPSA) is 56.0 Å². The van der Waals surface area contributed by atoms with Crippen molar-refractivity contribution in [1.82, 2.24) is 4.98 Å². The monoisotopic (exact) mass is 162 g/mol. The molecule has 0 saturated carbocycles. The van der Waals surface area contributed by atoms with E-state index in [0.717, 1.165) is 17.7 Å². The third-order valence-electron chi connectivity index (χ3n) is 1.81. The van der Waals surface area contributed by atoms with Crippen LogP contribution < -0.4 is 0 Å². The number of nitrogens with zero attached hydrogens (tertiary/aromatic N) is 2. The van der Waals surface area contributed by atoms with E-state index in [0.29, 0.717) is 0 Å². The molecule has 60 valence electrons. The van der Waals surface area contributed by atoms with Gasteiger partial charge in [0.25, 0.3) is 5.69 Å². The summed E-state index contributed by atoms with van der Waals surface area (Å²) in [4.78, 5) is 13.9. The average molecular weight is 162 g/mol. The molecule has 4 nitrogen and oxygen atoms in total. The summed E-state index contributed by atoms with van der Waals surface area (Å²) in [6.45, 7) is 0. The van der Waals surface area contributed by atoms with E-state index in [4.69, 9.17) is 0 Å². The molecule has 1 heterocycles. The van der Waals surface area contributed by atoms with Gasteiger partial charge in [-0.05, 0) is 0 Å². The maximum Gasteiger partial charge on any atom is 0.288 e. The van der Waals surface area contributed by atoms with Gasteiger partial charge in [-0.25, -0.2) is 0 Å². The van der Waals surface area contributed by atoms with Gasteiger partial charge in [-0.1, -0.05) is 12.2 Å². The van der Waals surface area contributed by atoms with Gasteiger partial charge in [-0.15, -0.1) is 0 Å². The number of fused-ring (bicyclic) bond motifs is 1. The van der Waals surface area contributed by atoms with Crippen LogP contribution in [0.3, 0.4) is 0 Å².